The van der Waals surface area contributed by atoms with Crippen LogP contribution in [0.25, 0.3) is 16.6 Å². The largest absolute Gasteiger partial charge is 0.611 e. The van der Waals surface area contributed by atoms with Gasteiger partial charge in [0.05, 0.1) is 16.6 Å². The normalized spacial score (nSPS) is 13.1. The van der Waals surface area contributed by atoms with E-state index in [-0.39, 0.29) is 27.4 Å². The van der Waals surface area contributed by atoms with Gasteiger partial charge in [0, 0.05) is 11.6 Å². The molecule has 1 aromatic heterocycles. The fourth-order valence-corrected chi connectivity index (χ4v) is 3.93. The van der Waals surface area contributed by atoms with Gasteiger partial charge in [0.15, 0.2) is 4.90 Å². The van der Waals surface area contributed by atoms with E-state index in [9.17, 15) is 26.9 Å². The lowest BCUT2D eigenvalue weighted by Gasteiger charge is -2.17. The lowest BCUT2D eigenvalue weighted by atomic mass is 10.2. The maximum absolute atomic E-state index is 14.6. The number of halogens is 4. The SMILES string of the molecule is Cc1cc(F)c(-n2c(C)nc3ccccc3c2=O)cc1[S+]([O-])CC(F)(F)F. The van der Waals surface area contributed by atoms with Crippen LogP contribution < -0.4 is 5.56 Å². The molecule has 0 radical (unpaired) electrons. The van der Waals surface area contributed by atoms with E-state index in [4.69, 9.17) is 0 Å². The van der Waals surface area contributed by atoms with E-state index >= 15 is 0 Å². The second-order valence-corrected chi connectivity index (χ2v) is 7.41. The number of nitrogens with zero attached hydrogens (tertiary/aromatic N) is 2. The van der Waals surface area contributed by atoms with Gasteiger partial charge in [-0.3, -0.25) is 9.36 Å². The summed E-state index contributed by atoms with van der Waals surface area (Å²) in [4.78, 5) is 16.9. The van der Waals surface area contributed by atoms with E-state index in [1.807, 2.05) is 0 Å². The third kappa shape index (κ3) is 3.84. The molecular weight excluding hydrogens is 384 g/mol. The molecule has 0 aliphatic heterocycles. The van der Waals surface area contributed by atoms with Gasteiger partial charge in [-0.1, -0.05) is 12.1 Å². The molecule has 0 saturated carbocycles. The van der Waals surface area contributed by atoms with Crippen molar-refractivity contribution in [1.29, 1.82) is 0 Å². The van der Waals surface area contributed by atoms with Crippen LogP contribution in [0.5, 0.6) is 0 Å². The number of fused-ring (bicyclic) bond motifs is 1. The highest BCUT2D eigenvalue weighted by Gasteiger charge is 2.36. The molecule has 0 N–H and O–H groups in total. The Morgan fingerprint density at radius 2 is 1.85 bits per heavy atom. The van der Waals surface area contributed by atoms with E-state index < -0.39 is 34.5 Å². The maximum atomic E-state index is 14.6. The summed E-state index contributed by atoms with van der Waals surface area (Å²) in [5, 5.41) is 0.237. The molecule has 1 unspecified atom stereocenters. The molecule has 0 amide bonds. The molecular formula is C18H14F4N2O2S. The number of aromatic nitrogens is 2. The third-order valence-corrected chi connectivity index (χ3v) is 5.49. The summed E-state index contributed by atoms with van der Waals surface area (Å²) in [7, 11) is 0. The average molecular weight is 398 g/mol. The Hall–Kier alpha value is -2.39. The topological polar surface area (TPSA) is 58.0 Å². The summed E-state index contributed by atoms with van der Waals surface area (Å²) < 4.78 is 65.5. The zero-order valence-corrected chi connectivity index (χ0v) is 15.1. The summed E-state index contributed by atoms with van der Waals surface area (Å²) in [6.45, 7) is 2.85. The molecule has 142 valence electrons. The summed E-state index contributed by atoms with van der Waals surface area (Å²) in [6, 6.07) is 8.47. The molecule has 3 aromatic rings. The second-order valence-electron chi connectivity index (χ2n) is 5.99. The van der Waals surface area contributed by atoms with Crippen molar-refractivity contribution in [2.45, 2.75) is 24.9 Å². The van der Waals surface area contributed by atoms with Crippen LogP contribution in [0.2, 0.25) is 0 Å². The van der Waals surface area contributed by atoms with Gasteiger partial charge in [-0.05, 0) is 43.2 Å². The highest BCUT2D eigenvalue weighted by Crippen LogP contribution is 2.28. The lowest BCUT2D eigenvalue weighted by Crippen LogP contribution is -2.26. The van der Waals surface area contributed by atoms with E-state index in [0.717, 1.165) is 16.7 Å². The predicted molar refractivity (Wildman–Crippen MR) is 94.1 cm³/mol. The number of aryl methyl sites for hydroxylation is 2. The Morgan fingerprint density at radius 1 is 1.19 bits per heavy atom. The Kier molecular flexibility index (Phi) is 5.00. The van der Waals surface area contributed by atoms with E-state index in [1.165, 1.54) is 19.9 Å². The Balaban J connectivity index is 2.22. The summed E-state index contributed by atoms with van der Waals surface area (Å²) in [5.41, 5.74) is -0.316. The molecule has 2 aromatic carbocycles. The molecule has 0 saturated heterocycles. The van der Waals surface area contributed by atoms with Crippen LogP contribution >= 0.6 is 0 Å². The van der Waals surface area contributed by atoms with Crippen molar-refractivity contribution in [3.05, 3.63) is 64.0 Å². The molecule has 27 heavy (non-hydrogen) atoms. The van der Waals surface area contributed by atoms with Crippen molar-refractivity contribution in [3.63, 3.8) is 0 Å². The van der Waals surface area contributed by atoms with Crippen molar-refractivity contribution >= 4 is 22.1 Å². The molecule has 1 atom stereocenters. The monoisotopic (exact) mass is 398 g/mol. The van der Waals surface area contributed by atoms with Gasteiger partial charge in [0.25, 0.3) is 5.56 Å². The zero-order chi connectivity index (χ0) is 19.9. The number of rotatable bonds is 3. The van der Waals surface area contributed by atoms with Crippen LogP contribution in [-0.4, -0.2) is 26.0 Å². The fourth-order valence-electron chi connectivity index (χ4n) is 2.81. The van der Waals surface area contributed by atoms with Gasteiger partial charge in [-0.2, -0.15) is 13.2 Å². The molecule has 0 aliphatic carbocycles. The highest BCUT2D eigenvalue weighted by molar-refractivity contribution is 7.91. The fraction of sp³-hybridized carbons (Fsp3) is 0.222. The molecule has 0 aliphatic rings. The molecule has 9 heteroatoms. The first kappa shape index (κ1) is 19.4. The lowest BCUT2D eigenvalue weighted by molar-refractivity contribution is -0.106. The molecule has 0 spiro atoms. The van der Waals surface area contributed by atoms with Gasteiger partial charge >= 0.3 is 6.18 Å². The second kappa shape index (κ2) is 6.97. The van der Waals surface area contributed by atoms with E-state index in [0.29, 0.717) is 5.52 Å². The van der Waals surface area contributed by atoms with Gasteiger partial charge in [0.1, 0.15) is 11.6 Å². The summed E-state index contributed by atoms with van der Waals surface area (Å²) in [5.74, 6) is -2.21. The average Bonchev–Trinajstić information content (AvgIpc) is 2.55. The Labute approximate surface area is 154 Å². The van der Waals surface area contributed by atoms with Gasteiger partial charge < -0.3 is 4.55 Å². The van der Waals surface area contributed by atoms with Crippen molar-refractivity contribution < 1.29 is 22.1 Å². The number of alkyl halides is 3. The highest BCUT2D eigenvalue weighted by atomic mass is 32.2. The van der Waals surface area contributed by atoms with Gasteiger partial charge in [0.2, 0.25) is 5.75 Å². The Bertz CT molecular complexity index is 1080. The minimum Gasteiger partial charge on any atom is -0.611 e. The van der Waals surface area contributed by atoms with Crippen molar-refractivity contribution in [2.75, 3.05) is 5.75 Å². The van der Waals surface area contributed by atoms with Gasteiger partial charge in [-0.25, -0.2) is 9.37 Å². The first-order chi connectivity index (χ1) is 12.6. The number of para-hydroxylation sites is 1. The van der Waals surface area contributed by atoms with Crippen molar-refractivity contribution in [3.8, 4) is 5.69 Å². The van der Waals surface area contributed by atoms with Crippen molar-refractivity contribution in [1.82, 2.24) is 9.55 Å². The van der Waals surface area contributed by atoms with E-state index in [1.54, 1.807) is 18.2 Å². The summed E-state index contributed by atoms with van der Waals surface area (Å²) >= 11 is -2.42. The predicted octanol–water partition coefficient (Wildman–Crippen LogP) is 3.81. The standard InChI is InChI=1S/C18H14F4N2O2S/c1-10-7-13(19)15(8-16(10)27(26)9-18(20,21)22)24-11(2)23-14-6-4-3-5-12(14)17(24)25/h3-8H,9H2,1-2H3. The third-order valence-electron chi connectivity index (χ3n) is 3.97. The van der Waals surface area contributed by atoms with Crippen LogP contribution in [-0.2, 0) is 11.2 Å². The number of hydrogen-bond acceptors (Lipinski definition) is 3. The van der Waals surface area contributed by atoms with Crippen LogP contribution in [0.3, 0.4) is 0 Å². The molecule has 0 fully saturated rings. The minimum atomic E-state index is -4.64. The van der Waals surface area contributed by atoms with Crippen LogP contribution in [0.4, 0.5) is 17.6 Å². The summed E-state index contributed by atoms with van der Waals surface area (Å²) in [6.07, 6.45) is -4.64. The van der Waals surface area contributed by atoms with Crippen LogP contribution in [0, 0.1) is 19.7 Å². The number of benzene rings is 2. The van der Waals surface area contributed by atoms with Crippen LogP contribution in [0.15, 0.2) is 46.1 Å². The van der Waals surface area contributed by atoms with Crippen molar-refractivity contribution in [2.24, 2.45) is 0 Å². The van der Waals surface area contributed by atoms with Crippen LogP contribution in [0.1, 0.15) is 11.4 Å². The molecule has 1 heterocycles. The first-order valence-electron chi connectivity index (χ1n) is 7.82. The smallest absolute Gasteiger partial charge is 0.433 e. The molecule has 3 rings (SSSR count). The first-order valence-corrected chi connectivity index (χ1v) is 9.14. The minimum absolute atomic E-state index is 0.110. The van der Waals surface area contributed by atoms with E-state index in [2.05, 4.69) is 4.98 Å². The maximum Gasteiger partial charge on any atom is 0.433 e. The molecule has 0 bridgehead atoms. The zero-order valence-electron chi connectivity index (χ0n) is 14.3. The molecule has 4 nitrogen and oxygen atoms in total. The Morgan fingerprint density at radius 3 is 2.52 bits per heavy atom. The number of hydrogen-bond donors (Lipinski definition) is 0. The van der Waals surface area contributed by atoms with Gasteiger partial charge in [-0.15, -0.1) is 0 Å². The quantitative estimate of drug-likeness (QED) is 0.498.